The van der Waals surface area contributed by atoms with Gasteiger partial charge in [0, 0.05) is 12.6 Å². The standard InChI is InChI=1S/C13H14N6O3/c1-7(9-3-5-10(6-4-9)15-8(2)20)16-17-13(21)11-12(14)19-22-18-11/h3-6H,1-2H3,(H2,14,19)(H,15,20)(H,17,21)/b16-7+. The first-order valence-corrected chi connectivity index (χ1v) is 6.28. The van der Waals surface area contributed by atoms with E-state index in [4.69, 9.17) is 5.73 Å². The van der Waals surface area contributed by atoms with Gasteiger partial charge in [-0.25, -0.2) is 10.1 Å². The predicted molar refractivity (Wildman–Crippen MR) is 79.1 cm³/mol. The lowest BCUT2D eigenvalue weighted by Crippen LogP contribution is -2.20. The fraction of sp³-hybridized carbons (Fsp3) is 0.154. The molecule has 0 saturated heterocycles. The number of anilines is 2. The number of rotatable bonds is 4. The summed E-state index contributed by atoms with van der Waals surface area (Å²) in [6, 6.07) is 7.00. The molecule has 0 spiro atoms. The molecule has 0 fully saturated rings. The average molecular weight is 302 g/mol. The molecular weight excluding hydrogens is 288 g/mol. The van der Waals surface area contributed by atoms with Crippen LogP contribution in [0.5, 0.6) is 0 Å². The molecule has 2 rings (SSSR count). The van der Waals surface area contributed by atoms with Gasteiger partial charge in [0.1, 0.15) is 0 Å². The zero-order chi connectivity index (χ0) is 16.1. The van der Waals surface area contributed by atoms with E-state index in [2.05, 4.69) is 30.8 Å². The molecular formula is C13H14N6O3. The maximum absolute atomic E-state index is 11.7. The van der Waals surface area contributed by atoms with Gasteiger partial charge in [0.2, 0.25) is 17.4 Å². The molecule has 4 N–H and O–H groups in total. The summed E-state index contributed by atoms with van der Waals surface area (Å²) in [6.07, 6.45) is 0. The molecule has 0 radical (unpaired) electrons. The van der Waals surface area contributed by atoms with Crippen molar-refractivity contribution in [3.8, 4) is 0 Å². The van der Waals surface area contributed by atoms with Crippen LogP contribution in [0.3, 0.4) is 0 Å². The van der Waals surface area contributed by atoms with Crippen molar-refractivity contribution in [1.29, 1.82) is 0 Å². The van der Waals surface area contributed by atoms with Crippen molar-refractivity contribution in [1.82, 2.24) is 15.7 Å². The van der Waals surface area contributed by atoms with Crippen LogP contribution in [0.2, 0.25) is 0 Å². The second-order valence-corrected chi connectivity index (χ2v) is 4.39. The first-order chi connectivity index (χ1) is 10.5. The normalized spacial score (nSPS) is 11.1. The molecule has 1 aromatic carbocycles. The van der Waals surface area contributed by atoms with Crippen molar-refractivity contribution >= 4 is 29.0 Å². The monoisotopic (exact) mass is 302 g/mol. The van der Waals surface area contributed by atoms with Crippen molar-refractivity contribution in [2.75, 3.05) is 11.1 Å². The third kappa shape index (κ3) is 3.66. The average Bonchev–Trinajstić information content (AvgIpc) is 2.91. The molecule has 1 heterocycles. The highest BCUT2D eigenvalue weighted by molar-refractivity contribution is 6.01. The summed E-state index contributed by atoms with van der Waals surface area (Å²) in [5.74, 6) is -0.873. The lowest BCUT2D eigenvalue weighted by Gasteiger charge is -2.04. The van der Waals surface area contributed by atoms with Gasteiger partial charge in [0.15, 0.2) is 0 Å². The van der Waals surface area contributed by atoms with Crippen molar-refractivity contribution < 1.29 is 14.2 Å². The Kier molecular flexibility index (Phi) is 4.47. The number of benzene rings is 1. The zero-order valence-corrected chi connectivity index (χ0v) is 12.0. The Labute approximate surface area is 125 Å². The number of nitrogen functional groups attached to an aromatic ring is 1. The van der Waals surface area contributed by atoms with E-state index in [1.54, 1.807) is 31.2 Å². The molecule has 0 saturated carbocycles. The Morgan fingerprint density at radius 2 is 1.86 bits per heavy atom. The Balaban J connectivity index is 2.04. The van der Waals surface area contributed by atoms with E-state index in [-0.39, 0.29) is 17.4 Å². The van der Waals surface area contributed by atoms with Crippen LogP contribution in [-0.2, 0) is 4.79 Å². The maximum Gasteiger partial charge on any atom is 0.297 e. The third-order valence-corrected chi connectivity index (χ3v) is 2.68. The lowest BCUT2D eigenvalue weighted by molar-refractivity contribution is -0.114. The van der Waals surface area contributed by atoms with E-state index < -0.39 is 5.91 Å². The van der Waals surface area contributed by atoms with Crippen LogP contribution in [0.25, 0.3) is 0 Å². The summed E-state index contributed by atoms with van der Waals surface area (Å²) < 4.78 is 4.33. The van der Waals surface area contributed by atoms with Crippen molar-refractivity contribution in [2.45, 2.75) is 13.8 Å². The third-order valence-electron chi connectivity index (χ3n) is 2.68. The molecule has 0 aliphatic heterocycles. The van der Waals surface area contributed by atoms with Gasteiger partial charge < -0.3 is 11.1 Å². The Bertz CT molecular complexity index is 720. The van der Waals surface area contributed by atoms with E-state index in [0.717, 1.165) is 5.56 Å². The summed E-state index contributed by atoms with van der Waals surface area (Å²) in [5.41, 5.74) is 9.61. The zero-order valence-electron chi connectivity index (χ0n) is 12.0. The van der Waals surface area contributed by atoms with Crippen LogP contribution in [0.15, 0.2) is 34.0 Å². The quantitative estimate of drug-likeness (QED) is 0.563. The van der Waals surface area contributed by atoms with Gasteiger partial charge >= 0.3 is 0 Å². The topological polar surface area (TPSA) is 136 Å². The van der Waals surface area contributed by atoms with Gasteiger partial charge in [0.05, 0.1) is 5.71 Å². The van der Waals surface area contributed by atoms with Crippen LogP contribution in [0.1, 0.15) is 29.9 Å². The van der Waals surface area contributed by atoms with Crippen LogP contribution in [0, 0.1) is 0 Å². The number of carbonyl (C=O) groups is 2. The fourth-order valence-electron chi connectivity index (χ4n) is 1.60. The number of nitrogens with zero attached hydrogens (tertiary/aromatic N) is 3. The smallest absolute Gasteiger partial charge is 0.297 e. The minimum Gasteiger partial charge on any atom is -0.379 e. The van der Waals surface area contributed by atoms with Crippen LogP contribution in [0.4, 0.5) is 11.5 Å². The van der Waals surface area contributed by atoms with Crippen LogP contribution in [-0.4, -0.2) is 27.8 Å². The fourth-order valence-corrected chi connectivity index (χ4v) is 1.60. The first kappa shape index (κ1) is 15.2. The van der Waals surface area contributed by atoms with Crippen LogP contribution < -0.4 is 16.5 Å². The summed E-state index contributed by atoms with van der Waals surface area (Å²) in [4.78, 5) is 22.7. The molecule has 9 nitrogen and oxygen atoms in total. The van der Waals surface area contributed by atoms with Gasteiger partial charge in [-0.2, -0.15) is 5.10 Å². The van der Waals surface area contributed by atoms with Crippen molar-refractivity contribution in [3.63, 3.8) is 0 Å². The highest BCUT2D eigenvalue weighted by Crippen LogP contribution is 2.10. The Morgan fingerprint density at radius 1 is 1.18 bits per heavy atom. The minimum absolute atomic E-state index is 0.106. The van der Waals surface area contributed by atoms with Gasteiger partial charge in [-0.15, -0.1) is 0 Å². The summed E-state index contributed by atoms with van der Waals surface area (Å²) >= 11 is 0. The van der Waals surface area contributed by atoms with E-state index in [1.165, 1.54) is 6.92 Å². The number of hydrogen-bond acceptors (Lipinski definition) is 7. The number of nitrogens with two attached hydrogens (primary N) is 1. The molecule has 114 valence electrons. The van der Waals surface area contributed by atoms with E-state index in [1.807, 2.05) is 0 Å². The van der Waals surface area contributed by atoms with Gasteiger partial charge in [-0.3, -0.25) is 9.59 Å². The second kappa shape index (κ2) is 6.48. The lowest BCUT2D eigenvalue weighted by atomic mass is 10.1. The van der Waals surface area contributed by atoms with Crippen molar-refractivity contribution in [3.05, 3.63) is 35.5 Å². The largest absolute Gasteiger partial charge is 0.379 e. The van der Waals surface area contributed by atoms with Crippen LogP contribution >= 0.6 is 0 Å². The Morgan fingerprint density at radius 3 is 2.41 bits per heavy atom. The SMILES string of the molecule is CC(=O)Nc1ccc(/C(C)=N/NC(=O)c2nonc2N)cc1. The predicted octanol–water partition coefficient (Wildman–Crippen LogP) is 0.764. The van der Waals surface area contributed by atoms with E-state index in [0.29, 0.717) is 11.4 Å². The maximum atomic E-state index is 11.7. The molecule has 22 heavy (non-hydrogen) atoms. The molecule has 2 amide bonds. The molecule has 0 aliphatic carbocycles. The van der Waals surface area contributed by atoms with Gasteiger partial charge in [-0.05, 0) is 34.9 Å². The molecule has 0 aliphatic rings. The van der Waals surface area contributed by atoms with E-state index in [9.17, 15) is 9.59 Å². The summed E-state index contributed by atoms with van der Waals surface area (Å²) in [6.45, 7) is 3.15. The molecule has 2 aromatic rings. The number of hydrogen-bond donors (Lipinski definition) is 3. The molecule has 0 atom stereocenters. The molecule has 0 bridgehead atoms. The highest BCUT2D eigenvalue weighted by atomic mass is 16.6. The Hall–Kier alpha value is -3.23. The van der Waals surface area contributed by atoms with Gasteiger partial charge in [-0.1, -0.05) is 12.1 Å². The van der Waals surface area contributed by atoms with Gasteiger partial charge in [0.25, 0.3) is 5.91 Å². The number of hydrazone groups is 1. The summed E-state index contributed by atoms with van der Waals surface area (Å²) in [5, 5.41) is 13.3. The number of aromatic nitrogens is 2. The molecule has 0 unspecified atom stereocenters. The highest BCUT2D eigenvalue weighted by Gasteiger charge is 2.15. The van der Waals surface area contributed by atoms with Crippen molar-refractivity contribution in [2.24, 2.45) is 5.10 Å². The minimum atomic E-state index is -0.618. The number of nitrogens with one attached hydrogen (secondary N) is 2. The summed E-state index contributed by atoms with van der Waals surface area (Å²) in [7, 11) is 0. The number of carbonyl (C=O) groups excluding carboxylic acids is 2. The second-order valence-electron chi connectivity index (χ2n) is 4.39. The molecule has 1 aromatic heterocycles. The first-order valence-electron chi connectivity index (χ1n) is 6.28. The molecule has 9 heteroatoms. The number of amides is 2. The van der Waals surface area contributed by atoms with E-state index >= 15 is 0 Å².